The Morgan fingerprint density at radius 1 is 1.39 bits per heavy atom. The minimum absolute atomic E-state index is 0.0834. The summed E-state index contributed by atoms with van der Waals surface area (Å²) in [5, 5.41) is 0. The van der Waals surface area contributed by atoms with Gasteiger partial charge in [-0.15, -0.1) is 0 Å². The Labute approximate surface area is 139 Å². The molecule has 1 saturated heterocycles. The number of likely N-dealkylation sites (tertiary alicyclic amines) is 1. The number of likely N-dealkylation sites (N-methyl/N-ethyl adjacent to an activating group) is 1. The van der Waals surface area contributed by atoms with Crippen molar-refractivity contribution in [3.05, 3.63) is 12.2 Å². The molecule has 0 saturated carbocycles. The van der Waals surface area contributed by atoms with Gasteiger partial charge in [-0.3, -0.25) is 14.5 Å². The van der Waals surface area contributed by atoms with Gasteiger partial charge in [0.1, 0.15) is 12.4 Å². The number of nitrogens with two attached hydrogens (primary N) is 1. The molecule has 1 aliphatic heterocycles. The van der Waals surface area contributed by atoms with Crippen LogP contribution in [0.4, 0.5) is 0 Å². The van der Waals surface area contributed by atoms with Gasteiger partial charge in [-0.2, -0.15) is 0 Å². The highest BCUT2D eigenvalue weighted by molar-refractivity contribution is 5.87. The van der Waals surface area contributed by atoms with Gasteiger partial charge in [0, 0.05) is 12.6 Å². The number of rotatable bonds is 9. The summed E-state index contributed by atoms with van der Waals surface area (Å²) in [4.78, 5) is 26.1. The summed E-state index contributed by atoms with van der Waals surface area (Å²) >= 11 is 0. The quantitative estimate of drug-likeness (QED) is 0.505. The van der Waals surface area contributed by atoms with E-state index in [9.17, 15) is 9.59 Å². The number of hydrogen-bond donors (Lipinski definition) is 1. The first-order valence-electron chi connectivity index (χ1n) is 8.20. The maximum Gasteiger partial charge on any atom is 0.176 e. The molecular formula is C17H30N2O4. The minimum atomic E-state index is -0.695. The number of ether oxygens (including phenoxy) is 2. The molecule has 0 aromatic heterocycles. The summed E-state index contributed by atoms with van der Waals surface area (Å²) in [5.74, 6) is 0.0136. The average Bonchev–Trinajstić information content (AvgIpc) is 2.81. The minimum Gasteiger partial charge on any atom is -0.353 e. The highest BCUT2D eigenvalue weighted by atomic mass is 16.7. The van der Waals surface area contributed by atoms with Crippen LogP contribution in [-0.4, -0.2) is 61.1 Å². The highest BCUT2D eigenvalue weighted by Crippen LogP contribution is 2.32. The zero-order valence-corrected chi connectivity index (χ0v) is 14.8. The first-order valence-corrected chi connectivity index (χ1v) is 8.20. The molecule has 1 aliphatic rings. The first-order chi connectivity index (χ1) is 10.8. The fraction of sp³-hybridized carbons (Fsp3) is 0.765. The maximum absolute atomic E-state index is 12.4. The second kappa shape index (κ2) is 9.27. The van der Waals surface area contributed by atoms with Gasteiger partial charge in [-0.25, -0.2) is 0 Å². The number of hydrogen-bond acceptors (Lipinski definition) is 6. The van der Waals surface area contributed by atoms with Gasteiger partial charge in [0.15, 0.2) is 12.1 Å². The molecule has 2 N–H and O–H groups in total. The van der Waals surface area contributed by atoms with Crippen LogP contribution < -0.4 is 5.73 Å². The Morgan fingerprint density at radius 2 is 2.04 bits per heavy atom. The summed E-state index contributed by atoms with van der Waals surface area (Å²) in [7, 11) is 1.86. The lowest BCUT2D eigenvalue weighted by Gasteiger charge is -2.30. The molecule has 1 fully saturated rings. The van der Waals surface area contributed by atoms with Gasteiger partial charge in [-0.05, 0) is 47.1 Å². The van der Waals surface area contributed by atoms with Crippen LogP contribution in [0.5, 0.6) is 0 Å². The van der Waals surface area contributed by atoms with Crippen molar-refractivity contribution in [1.82, 2.24) is 4.90 Å². The predicted octanol–water partition coefficient (Wildman–Crippen LogP) is 1.14. The first kappa shape index (κ1) is 20.0. The van der Waals surface area contributed by atoms with Crippen LogP contribution in [0.25, 0.3) is 0 Å². The van der Waals surface area contributed by atoms with Crippen molar-refractivity contribution in [3.8, 4) is 0 Å². The smallest absolute Gasteiger partial charge is 0.176 e. The van der Waals surface area contributed by atoms with E-state index in [1.54, 1.807) is 13.8 Å². The van der Waals surface area contributed by atoms with Gasteiger partial charge in [0.2, 0.25) is 0 Å². The third-order valence-corrected chi connectivity index (χ3v) is 4.41. The zero-order valence-electron chi connectivity index (χ0n) is 14.8. The van der Waals surface area contributed by atoms with E-state index in [4.69, 9.17) is 15.2 Å². The van der Waals surface area contributed by atoms with E-state index in [0.717, 1.165) is 0 Å². The van der Waals surface area contributed by atoms with Crippen molar-refractivity contribution in [3.63, 3.8) is 0 Å². The molecule has 5 atom stereocenters. The van der Waals surface area contributed by atoms with E-state index >= 15 is 0 Å². The molecule has 6 nitrogen and oxygen atoms in total. The van der Waals surface area contributed by atoms with Gasteiger partial charge < -0.3 is 15.2 Å². The van der Waals surface area contributed by atoms with Crippen LogP contribution in [0.15, 0.2) is 12.2 Å². The molecule has 0 aromatic rings. The summed E-state index contributed by atoms with van der Waals surface area (Å²) in [6, 6.07) is -1.08. The average molecular weight is 326 g/mol. The molecule has 0 aliphatic carbocycles. The zero-order chi connectivity index (χ0) is 17.6. The lowest BCUT2D eigenvalue weighted by atomic mass is 9.91. The van der Waals surface area contributed by atoms with Crippen molar-refractivity contribution >= 4 is 11.6 Å². The Morgan fingerprint density at radius 3 is 2.57 bits per heavy atom. The molecule has 1 rings (SSSR count). The third-order valence-electron chi connectivity index (χ3n) is 4.41. The molecule has 23 heavy (non-hydrogen) atoms. The van der Waals surface area contributed by atoms with Crippen molar-refractivity contribution in [2.45, 2.75) is 58.5 Å². The normalized spacial score (nSPS) is 28.2. The largest absolute Gasteiger partial charge is 0.353 e. The number of carbonyl (C=O) groups is 2. The van der Waals surface area contributed by atoms with Crippen LogP contribution >= 0.6 is 0 Å². The molecular weight excluding hydrogens is 296 g/mol. The number of ketones is 2. The van der Waals surface area contributed by atoms with Crippen LogP contribution in [-0.2, 0) is 19.1 Å². The van der Waals surface area contributed by atoms with Crippen LogP contribution in [0.3, 0.4) is 0 Å². The molecule has 1 unspecified atom stereocenters. The number of nitrogens with zero attached hydrogens (tertiary/aromatic N) is 1. The number of allylic oxidation sites excluding steroid dienone is 1. The number of Topliss-reactive ketones (excluding diaryl/α,β-unsaturated/α-hetero) is 2. The van der Waals surface area contributed by atoms with Crippen molar-refractivity contribution in [1.29, 1.82) is 0 Å². The highest BCUT2D eigenvalue weighted by Gasteiger charge is 2.44. The van der Waals surface area contributed by atoms with E-state index in [1.807, 2.05) is 37.9 Å². The monoisotopic (exact) mass is 326 g/mol. The third kappa shape index (κ3) is 5.21. The maximum atomic E-state index is 12.4. The lowest BCUT2D eigenvalue weighted by molar-refractivity contribution is -0.150. The fourth-order valence-electron chi connectivity index (χ4n) is 3.25. The Balaban J connectivity index is 2.75. The van der Waals surface area contributed by atoms with Gasteiger partial charge >= 0.3 is 0 Å². The number of carbonyl (C=O) groups excluding carboxylic acids is 2. The predicted molar refractivity (Wildman–Crippen MR) is 89.0 cm³/mol. The Bertz CT molecular complexity index is 438. The topological polar surface area (TPSA) is 81.9 Å². The summed E-state index contributed by atoms with van der Waals surface area (Å²) in [6.07, 6.45) is 4.23. The molecule has 1 heterocycles. The fourth-order valence-corrected chi connectivity index (χ4v) is 3.25. The molecule has 0 spiro atoms. The van der Waals surface area contributed by atoms with Gasteiger partial charge in [-0.1, -0.05) is 12.2 Å². The molecule has 0 radical (unpaired) electrons. The van der Waals surface area contributed by atoms with E-state index in [0.29, 0.717) is 13.0 Å². The Kier molecular flexibility index (Phi) is 8.05. The van der Waals surface area contributed by atoms with Crippen molar-refractivity contribution in [2.24, 2.45) is 11.7 Å². The molecule has 0 bridgehead atoms. The van der Waals surface area contributed by atoms with Gasteiger partial charge in [0.25, 0.3) is 0 Å². The second-order valence-electron chi connectivity index (χ2n) is 6.03. The van der Waals surface area contributed by atoms with E-state index < -0.39 is 12.3 Å². The van der Waals surface area contributed by atoms with E-state index in [1.165, 1.54) is 0 Å². The molecule has 132 valence electrons. The Hall–Kier alpha value is -1.08. The second-order valence-corrected chi connectivity index (χ2v) is 6.03. The summed E-state index contributed by atoms with van der Waals surface area (Å²) < 4.78 is 10.6. The van der Waals surface area contributed by atoms with Gasteiger partial charge in [0.05, 0.1) is 12.1 Å². The van der Waals surface area contributed by atoms with Crippen molar-refractivity contribution in [2.75, 3.05) is 20.3 Å². The standard InChI is InChI=1S/C17H30N2O4/c1-6-8-13-9-14(11(3)20)19(5)17(13)16(18)15(21)10-23-12(4)22-7-2/h6,8,12-14,16-17H,7,9-10,18H2,1-5H3/b8-6-/t12?,13-,14-,16+,17-/m1/s1. The molecule has 0 aromatic carbocycles. The van der Waals surface area contributed by atoms with Crippen LogP contribution in [0.1, 0.15) is 34.1 Å². The SMILES string of the molecule is C/C=C\[C@@H]1C[C@H](C(C)=O)N(C)[C@H]1[C@@H](N)C(=O)COC(C)OCC. The van der Waals surface area contributed by atoms with Crippen molar-refractivity contribution < 1.29 is 19.1 Å². The molecule has 0 amide bonds. The lowest BCUT2D eigenvalue weighted by Crippen LogP contribution is -2.53. The molecule has 6 heteroatoms. The van der Waals surface area contributed by atoms with Crippen LogP contribution in [0, 0.1) is 5.92 Å². The van der Waals surface area contributed by atoms with E-state index in [-0.39, 0.29) is 36.2 Å². The van der Waals surface area contributed by atoms with E-state index in [2.05, 4.69) is 0 Å². The summed E-state index contributed by atoms with van der Waals surface area (Å²) in [6.45, 7) is 7.56. The van der Waals surface area contributed by atoms with Crippen LogP contribution in [0.2, 0.25) is 0 Å². The summed E-state index contributed by atoms with van der Waals surface area (Å²) in [5.41, 5.74) is 6.20.